The van der Waals surface area contributed by atoms with Gasteiger partial charge >= 0.3 is 5.97 Å². The zero-order valence-electron chi connectivity index (χ0n) is 12.6. The summed E-state index contributed by atoms with van der Waals surface area (Å²) in [6.45, 7) is 3.37. The van der Waals surface area contributed by atoms with Crippen LogP contribution in [0.5, 0.6) is 5.75 Å². The summed E-state index contributed by atoms with van der Waals surface area (Å²) in [5, 5.41) is 0. The number of aryl methyl sites for hydroxylation is 1. The van der Waals surface area contributed by atoms with Crippen LogP contribution in [0.1, 0.15) is 35.3 Å². The Bertz CT molecular complexity index is 746. The monoisotopic (exact) mass is 292 g/mol. The van der Waals surface area contributed by atoms with Crippen LogP contribution in [-0.4, -0.2) is 11.8 Å². The van der Waals surface area contributed by atoms with E-state index in [1.54, 1.807) is 24.3 Å². The van der Waals surface area contributed by atoms with Gasteiger partial charge in [0.05, 0.1) is 5.56 Å². The molecule has 2 aromatic carbocycles. The highest BCUT2D eigenvalue weighted by molar-refractivity contribution is 6.11. The van der Waals surface area contributed by atoms with E-state index in [-0.39, 0.29) is 17.1 Å². The highest BCUT2D eigenvalue weighted by Gasteiger charge is 2.11. The van der Waals surface area contributed by atoms with E-state index in [0.717, 1.165) is 12.0 Å². The topological polar surface area (TPSA) is 43.4 Å². The summed E-state index contributed by atoms with van der Waals surface area (Å²) in [5.74, 6) is 4.81. The maximum absolute atomic E-state index is 12.2. The Labute approximate surface area is 129 Å². The van der Waals surface area contributed by atoms with Crippen LogP contribution >= 0.6 is 0 Å². The number of para-hydroxylation sites is 1. The normalized spacial score (nSPS) is 9.55. The van der Waals surface area contributed by atoms with Crippen molar-refractivity contribution >= 4 is 11.8 Å². The Balaban J connectivity index is 2.22. The van der Waals surface area contributed by atoms with Gasteiger partial charge in [-0.1, -0.05) is 37.1 Å². The summed E-state index contributed by atoms with van der Waals surface area (Å²) < 4.78 is 5.02. The molecule has 0 fully saturated rings. The summed E-state index contributed by atoms with van der Waals surface area (Å²) >= 11 is 0. The van der Waals surface area contributed by atoms with Crippen molar-refractivity contribution in [1.82, 2.24) is 0 Å². The summed E-state index contributed by atoms with van der Waals surface area (Å²) in [6.07, 6.45) is 0.961. The Morgan fingerprint density at radius 2 is 1.73 bits per heavy atom. The van der Waals surface area contributed by atoms with Crippen molar-refractivity contribution in [3.63, 3.8) is 0 Å². The van der Waals surface area contributed by atoms with E-state index in [1.165, 1.54) is 12.5 Å². The first kappa shape index (κ1) is 15.5. The zero-order valence-corrected chi connectivity index (χ0v) is 12.6. The SMILES string of the molecule is CCc1ccc(C#CC(=O)c2ccccc2OC(C)=O)cc1. The van der Waals surface area contributed by atoms with Gasteiger partial charge in [-0.15, -0.1) is 0 Å². The number of benzene rings is 2. The third-order valence-electron chi connectivity index (χ3n) is 3.07. The number of esters is 1. The fourth-order valence-corrected chi connectivity index (χ4v) is 1.92. The van der Waals surface area contributed by atoms with E-state index in [9.17, 15) is 9.59 Å². The number of ether oxygens (including phenoxy) is 1. The van der Waals surface area contributed by atoms with Crippen LogP contribution < -0.4 is 4.74 Å². The highest BCUT2D eigenvalue weighted by atomic mass is 16.5. The molecule has 0 unspecified atom stereocenters. The quantitative estimate of drug-likeness (QED) is 0.377. The van der Waals surface area contributed by atoms with Crippen LogP contribution in [0.25, 0.3) is 0 Å². The van der Waals surface area contributed by atoms with Gasteiger partial charge in [-0.2, -0.15) is 0 Å². The van der Waals surface area contributed by atoms with E-state index in [0.29, 0.717) is 0 Å². The molecule has 2 aromatic rings. The van der Waals surface area contributed by atoms with E-state index >= 15 is 0 Å². The Morgan fingerprint density at radius 1 is 1.05 bits per heavy atom. The van der Waals surface area contributed by atoms with Crippen LogP contribution in [0.4, 0.5) is 0 Å². The molecule has 0 atom stereocenters. The molecule has 0 aliphatic heterocycles. The molecule has 0 saturated carbocycles. The first-order valence-electron chi connectivity index (χ1n) is 7.03. The molecule has 0 amide bonds. The molecule has 0 bridgehead atoms. The van der Waals surface area contributed by atoms with Crippen molar-refractivity contribution in [2.24, 2.45) is 0 Å². The molecule has 0 spiro atoms. The van der Waals surface area contributed by atoms with E-state index < -0.39 is 5.97 Å². The third-order valence-corrected chi connectivity index (χ3v) is 3.07. The summed E-state index contributed by atoms with van der Waals surface area (Å²) in [7, 11) is 0. The number of carbonyl (C=O) groups is 2. The molecule has 0 aliphatic rings. The van der Waals surface area contributed by atoms with E-state index in [4.69, 9.17) is 4.74 Å². The fourth-order valence-electron chi connectivity index (χ4n) is 1.92. The van der Waals surface area contributed by atoms with Crippen LogP contribution in [0.2, 0.25) is 0 Å². The lowest BCUT2D eigenvalue weighted by atomic mass is 10.1. The third kappa shape index (κ3) is 4.07. The number of ketones is 1. The van der Waals surface area contributed by atoms with Crippen molar-refractivity contribution in [3.05, 3.63) is 65.2 Å². The molecular formula is C19H16O3. The predicted octanol–water partition coefficient (Wildman–Crippen LogP) is 3.41. The van der Waals surface area contributed by atoms with Crippen molar-refractivity contribution in [3.8, 4) is 17.6 Å². The molecule has 2 rings (SSSR count). The molecule has 0 N–H and O–H groups in total. The predicted molar refractivity (Wildman–Crippen MR) is 84.8 cm³/mol. The van der Waals surface area contributed by atoms with Crippen molar-refractivity contribution in [2.75, 3.05) is 0 Å². The molecular weight excluding hydrogens is 276 g/mol. The Hall–Kier alpha value is -2.86. The average Bonchev–Trinajstić information content (AvgIpc) is 2.53. The minimum Gasteiger partial charge on any atom is -0.426 e. The molecule has 0 aliphatic carbocycles. The van der Waals surface area contributed by atoms with Gasteiger partial charge in [0, 0.05) is 12.5 Å². The first-order chi connectivity index (χ1) is 10.6. The lowest BCUT2D eigenvalue weighted by Crippen LogP contribution is -2.06. The van der Waals surface area contributed by atoms with Crippen molar-refractivity contribution in [1.29, 1.82) is 0 Å². The number of hydrogen-bond acceptors (Lipinski definition) is 3. The summed E-state index contributed by atoms with van der Waals surface area (Å²) in [4.78, 5) is 23.2. The first-order valence-corrected chi connectivity index (χ1v) is 7.03. The maximum atomic E-state index is 12.2. The molecule has 22 heavy (non-hydrogen) atoms. The highest BCUT2D eigenvalue weighted by Crippen LogP contribution is 2.18. The molecule has 3 nitrogen and oxygen atoms in total. The molecule has 0 radical (unpaired) electrons. The smallest absolute Gasteiger partial charge is 0.308 e. The summed E-state index contributed by atoms with van der Waals surface area (Å²) in [5.41, 5.74) is 2.28. The minimum absolute atomic E-state index is 0.232. The van der Waals surface area contributed by atoms with Crippen molar-refractivity contribution < 1.29 is 14.3 Å². The van der Waals surface area contributed by atoms with Gasteiger partial charge in [0.2, 0.25) is 5.78 Å². The lowest BCUT2D eigenvalue weighted by Gasteiger charge is -2.04. The van der Waals surface area contributed by atoms with Crippen LogP contribution in [0.15, 0.2) is 48.5 Å². The second kappa shape index (κ2) is 7.24. The molecule has 110 valence electrons. The van der Waals surface area contributed by atoms with Crippen LogP contribution in [-0.2, 0) is 11.2 Å². The fraction of sp³-hybridized carbons (Fsp3) is 0.158. The van der Waals surface area contributed by atoms with E-state index in [2.05, 4.69) is 18.8 Å². The Kier molecular flexibility index (Phi) is 5.11. The van der Waals surface area contributed by atoms with Gasteiger partial charge in [-0.05, 0) is 42.2 Å². The number of rotatable bonds is 3. The van der Waals surface area contributed by atoms with Crippen LogP contribution in [0, 0.1) is 11.8 Å². The van der Waals surface area contributed by atoms with Gasteiger partial charge < -0.3 is 4.74 Å². The van der Waals surface area contributed by atoms with Gasteiger partial charge in [0.15, 0.2) is 0 Å². The standard InChI is InChI=1S/C19H16O3/c1-3-15-8-10-16(11-9-15)12-13-18(21)17-6-4-5-7-19(17)22-14(2)20/h4-11H,3H2,1-2H3. The zero-order chi connectivity index (χ0) is 15.9. The van der Waals surface area contributed by atoms with Gasteiger partial charge in [-0.25, -0.2) is 0 Å². The largest absolute Gasteiger partial charge is 0.426 e. The molecule has 0 heterocycles. The number of hydrogen-bond donors (Lipinski definition) is 0. The molecule has 0 aromatic heterocycles. The van der Waals surface area contributed by atoms with E-state index in [1.807, 2.05) is 24.3 Å². The Morgan fingerprint density at radius 3 is 2.36 bits per heavy atom. The minimum atomic E-state index is -0.469. The average molecular weight is 292 g/mol. The van der Waals surface area contributed by atoms with Gasteiger partial charge in [0.25, 0.3) is 0 Å². The maximum Gasteiger partial charge on any atom is 0.308 e. The van der Waals surface area contributed by atoms with Gasteiger partial charge in [-0.3, -0.25) is 9.59 Å². The molecule has 3 heteroatoms. The van der Waals surface area contributed by atoms with Gasteiger partial charge in [0.1, 0.15) is 5.75 Å². The summed E-state index contributed by atoms with van der Waals surface area (Å²) in [6, 6.07) is 14.3. The number of Topliss-reactive ketones (excluding diaryl/α,β-unsaturated/α-hetero) is 1. The molecule has 0 saturated heterocycles. The lowest BCUT2D eigenvalue weighted by molar-refractivity contribution is -0.131. The van der Waals surface area contributed by atoms with Crippen LogP contribution in [0.3, 0.4) is 0 Å². The second-order valence-corrected chi connectivity index (χ2v) is 4.72. The second-order valence-electron chi connectivity index (χ2n) is 4.72. The number of carbonyl (C=O) groups excluding carboxylic acids is 2. The van der Waals surface area contributed by atoms with Crippen molar-refractivity contribution in [2.45, 2.75) is 20.3 Å².